The van der Waals surface area contributed by atoms with Crippen LogP contribution in [0.1, 0.15) is 33.6 Å². The highest BCUT2D eigenvalue weighted by Gasteiger charge is 2.15. The Balaban J connectivity index is 2.33. The highest BCUT2D eigenvalue weighted by molar-refractivity contribution is 5.99. The lowest BCUT2D eigenvalue weighted by atomic mass is 10.00. The number of nitro groups is 1. The van der Waals surface area contributed by atoms with Crippen LogP contribution in [0, 0.1) is 16.0 Å². The monoisotopic (exact) mass is 287 g/mol. The fourth-order valence-electron chi connectivity index (χ4n) is 2.55. The van der Waals surface area contributed by atoms with Gasteiger partial charge in [0.25, 0.3) is 5.69 Å². The zero-order valence-corrected chi connectivity index (χ0v) is 12.7. The molecule has 1 heterocycles. The number of benzene rings is 1. The third-order valence-corrected chi connectivity index (χ3v) is 3.85. The first-order valence-corrected chi connectivity index (χ1v) is 7.30. The summed E-state index contributed by atoms with van der Waals surface area (Å²) in [5.41, 5.74) is 1.02. The molecule has 2 atom stereocenters. The molecule has 0 saturated heterocycles. The largest absolute Gasteiger partial charge is 0.382 e. The summed E-state index contributed by atoms with van der Waals surface area (Å²) in [6.45, 7) is 6.56. The molecule has 0 saturated carbocycles. The van der Waals surface area contributed by atoms with Crippen LogP contribution in [-0.4, -0.2) is 15.9 Å². The van der Waals surface area contributed by atoms with Gasteiger partial charge in [-0.1, -0.05) is 20.3 Å². The van der Waals surface area contributed by atoms with Crippen LogP contribution >= 0.6 is 0 Å². The Morgan fingerprint density at radius 1 is 1.29 bits per heavy atom. The van der Waals surface area contributed by atoms with Crippen molar-refractivity contribution in [2.24, 2.45) is 5.92 Å². The predicted octanol–water partition coefficient (Wildman–Crippen LogP) is 4.38. The second-order valence-electron chi connectivity index (χ2n) is 5.61. The van der Waals surface area contributed by atoms with E-state index < -0.39 is 0 Å². The van der Waals surface area contributed by atoms with E-state index in [9.17, 15) is 10.1 Å². The minimum atomic E-state index is -0.365. The minimum Gasteiger partial charge on any atom is -0.382 e. The van der Waals surface area contributed by atoms with Gasteiger partial charge in [0.15, 0.2) is 0 Å². The average molecular weight is 287 g/mol. The zero-order valence-electron chi connectivity index (χ0n) is 12.7. The molecule has 0 radical (unpaired) electrons. The number of aromatic nitrogens is 1. The van der Waals surface area contributed by atoms with Crippen LogP contribution in [0.4, 0.5) is 11.4 Å². The minimum absolute atomic E-state index is 0.0956. The number of anilines is 1. The molecular formula is C16H21N3O2. The first-order chi connectivity index (χ1) is 10.0. The van der Waals surface area contributed by atoms with Crippen LogP contribution in [0.2, 0.25) is 0 Å². The molecule has 0 amide bonds. The van der Waals surface area contributed by atoms with E-state index >= 15 is 0 Å². The Morgan fingerprint density at radius 3 is 2.71 bits per heavy atom. The van der Waals surface area contributed by atoms with Crippen LogP contribution in [0.25, 0.3) is 10.8 Å². The van der Waals surface area contributed by atoms with Crippen molar-refractivity contribution in [2.45, 2.75) is 39.7 Å². The fourth-order valence-corrected chi connectivity index (χ4v) is 2.55. The maximum Gasteiger partial charge on any atom is 0.278 e. The molecule has 1 aromatic heterocycles. The second-order valence-corrected chi connectivity index (χ2v) is 5.61. The van der Waals surface area contributed by atoms with E-state index in [2.05, 4.69) is 31.1 Å². The number of nitrogens with one attached hydrogen (secondary N) is 1. The first-order valence-electron chi connectivity index (χ1n) is 7.30. The summed E-state index contributed by atoms with van der Waals surface area (Å²) in [6.07, 6.45) is 5.44. The van der Waals surface area contributed by atoms with Crippen molar-refractivity contribution in [1.82, 2.24) is 4.98 Å². The molecule has 2 rings (SSSR count). The van der Waals surface area contributed by atoms with Gasteiger partial charge in [-0.2, -0.15) is 0 Å². The predicted molar refractivity (Wildman–Crippen MR) is 85.6 cm³/mol. The molecule has 0 aliphatic carbocycles. The molecule has 2 aromatic rings. The molecule has 112 valence electrons. The second kappa shape index (κ2) is 6.52. The van der Waals surface area contributed by atoms with Crippen LogP contribution < -0.4 is 5.32 Å². The number of nitrogens with zero attached hydrogens (tertiary/aromatic N) is 2. The van der Waals surface area contributed by atoms with Crippen molar-refractivity contribution in [3.05, 3.63) is 40.7 Å². The van der Waals surface area contributed by atoms with Crippen molar-refractivity contribution in [2.75, 3.05) is 5.32 Å². The molecule has 1 N–H and O–H groups in total. The molecule has 0 aliphatic rings. The zero-order chi connectivity index (χ0) is 15.4. The Labute approximate surface area is 124 Å². The van der Waals surface area contributed by atoms with Gasteiger partial charge in [-0.05, 0) is 31.4 Å². The number of pyridine rings is 1. The van der Waals surface area contributed by atoms with Gasteiger partial charge < -0.3 is 5.32 Å². The third kappa shape index (κ3) is 3.48. The maximum absolute atomic E-state index is 11.1. The molecule has 1 aromatic carbocycles. The number of hydrogen-bond donors (Lipinski definition) is 1. The first kappa shape index (κ1) is 15.2. The number of rotatable bonds is 6. The number of non-ortho nitro benzene ring substituents is 1. The van der Waals surface area contributed by atoms with Gasteiger partial charge in [-0.3, -0.25) is 15.1 Å². The standard InChI is InChI=1S/C16H21N3O2/c1-4-11(2)9-12(3)18-15-5-6-16(19(20)21)14-10-17-8-7-13(14)15/h5-8,10-12,18H,4,9H2,1-3H3. The van der Waals surface area contributed by atoms with E-state index in [4.69, 9.17) is 0 Å². The summed E-state index contributed by atoms with van der Waals surface area (Å²) in [7, 11) is 0. The van der Waals surface area contributed by atoms with Crippen LogP contribution in [0.15, 0.2) is 30.6 Å². The Hall–Kier alpha value is -2.17. The molecular weight excluding hydrogens is 266 g/mol. The van der Waals surface area contributed by atoms with E-state index in [1.807, 2.05) is 6.07 Å². The van der Waals surface area contributed by atoms with Gasteiger partial charge >= 0.3 is 0 Å². The van der Waals surface area contributed by atoms with Gasteiger partial charge in [0, 0.05) is 35.6 Å². The van der Waals surface area contributed by atoms with E-state index in [-0.39, 0.29) is 10.6 Å². The highest BCUT2D eigenvalue weighted by Crippen LogP contribution is 2.31. The lowest BCUT2D eigenvalue weighted by Gasteiger charge is -2.19. The summed E-state index contributed by atoms with van der Waals surface area (Å²) in [4.78, 5) is 14.7. The van der Waals surface area contributed by atoms with Crippen molar-refractivity contribution in [3.8, 4) is 0 Å². The van der Waals surface area contributed by atoms with Gasteiger partial charge in [0.1, 0.15) is 0 Å². The highest BCUT2D eigenvalue weighted by atomic mass is 16.6. The van der Waals surface area contributed by atoms with Crippen molar-refractivity contribution in [3.63, 3.8) is 0 Å². The quantitative estimate of drug-likeness (QED) is 0.632. The fraction of sp³-hybridized carbons (Fsp3) is 0.438. The number of nitro benzene ring substituents is 1. The topological polar surface area (TPSA) is 68.1 Å². The molecule has 0 bridgehead atoms. The summed E-state index contributed by atoms with van der Waals surface area (Å²) < 4.78 is 0. The normalized spacial score (nSPS) is 13.9. The Morgan fingerprint density at radius 2 is 2.05 bits per heavy atom. The average Bonchev–Trinajstić information content (AvgIpc) is 2.47. The van der Waals surface area contributed by atoms with Crippen LogP contribution in [0.3, 0.4) is 0 Å². The third-order valence-electron chi connectivity index (χ3n) is 3.85. The van der Waals surface area contributed by atoms with Gasteiger partial charge in [-0.15, -0.1) is 0 Å². The molecule has 0 fully saturated rings. The summed E-state index contributed by atoms with van der Waals surface area (Å²) >= 11 is 0. The van der Waals surface area contributed by atoms with Gasteiger partial charge in [0.2, 0.25) is 0 Å². The van der Waals surface area contributed by atoms with Crippen LogP contribution in [-0.2, 0) is 0 Å². The lowest BCUT2D eigenvalue weighted by molar-refractivity contribution is -0.383. The van der Waals surface area contributed by atoms with Crippen molar-refractivity contribution < 1.29 is 4.92 Å². The van der Waals surface area contributed by atoms with E-state index in [0.717, 1.165) is 23.9 Å². The van der Waals surface area contributed by atoms with Gasteiger partial charge in [0.05, 0.1) is 10.3 Å². The smallest absolute Gasteiger partial charge is 0.278 e. The summed E-state index contributed by atoms with van der Waals surface area (Å²) in [6, 6.07) is 5.47. The summed E-state index contributed by atoms with van der Waals surface area (Å²) in [5, 5.41) is 16.0. The molecule has 0 aliphatic heterocycles. The molecule has 5 nitrogen and oxygen atoms in total. The van der Waals surface area contributed by atoms with Crippen LogP contribution in [0.5, 0.6) is 0 Å². The lowest BCUT2D eigenvalue weighted by Crippen LogP contribution is -2.18. The van der Waals surface area contributed by atoms with E-state index in [0.29, 0.717) is 17.3 Å². The Kier molecular flexibility index (Phi) is 4.73. The number of hydrogen-bond acceptors (Lipinski definition) is 4. The molecule has 5 heteroatoms. The number of fused-ring (bicyclic) bond motifs is 1. The van der Waals surface area contributed by atoms with Crippen molar-refractivity contribution in [1.29, 1.82) is 0 Å². The molecule has 21 heavy (non-hydrogen) atoms. The Bertz CT molecular complexity index is 642. The van der Waals surface area contributed by atoms with Gasteiger partial charge in [-0.25, -0.2) is 0 Å². The van der Waals surface area contributed by atoms with Crippen molar-refractivity contribution >= 4 is 22.1 Å². The maximum atomic E-state index is 11.1. The van der Waals surface area contributed by atoms with E-state index in [1.54, 1.807) is 24.5 Å². The van der Waals surface area contributed by atoms with E-state index in [1.165, 1.54) is 0 Å². The molecule has 0 spiro atoms. The summed E-state index contributed by atoms with van der Waals surface area (Å²) in [5.74, 6) is 0.651. The SMILES string of the molecule is CCC(C)CC(C)Nc1ccc([N+](=O)[O-])c2cnccc12. The molecule has 2 unspecified atom stereocenters.